The van der Waals surface area contributed by atoms with Crippen LogP contribution in [0.2, 0.25) is 0 Å². The van der Waals surface area contributed by atoms with E-state index in [-0.39, 0.29) is 0 Å². The van der Waals surface area contributed by atoms with Gasteiger partial charge in [-0.1, -0.05) is 30.3 Å². The summed E-state index contributed by atoms with van der Waals surface area (Å²) in [6.45, 7) is 0. The first-order valence-corrected chi connectivity index (χ1v) is 8.36. The van der Waals surface area contributed by atoms with Crippen molar-refractivity contribution in [1.29, 1.82) is 0 Å². The number of aromatic hydroxyl groups is 1. The molecule has 0 saturated carbocycles. The lowest BCUT2D eigenvalue weighted by atomic mass is 10.0. The van der Waals surface area contributed by atoms with Gasteiger partial charge in [0, 0.05) is 15.2 Å². The van der Waals surface area contributed by atoms with Gasteiger partial charge in [0.15, 0.2) is 5.75 Å². The van der Waals surface area contributed by atoms with E-state index < -0.39 is 16.4 Å². The fourth-order valence-corrected chi connectivity index (χ4v) is 2.84. The molecule has 0 aliphatic heterocycles. The number of azo groups is 1. The SMILES string of the molecule is O=[N+]([O-])c1cc(N=Nc2ccccc2-c2cccc(I)c2)ccc1O. The number of rotatable bonds is 4. The molecule has 0 heterocycles. The average molecular weight is 445 g/mol. The van der Waals surface area contributed by atoms with E-state index in [1.165, 1.54) is 18.2 Å². The summed E-state index contributed by atoms with van der Waals surface area (Å²) >= 11 is 2.25. The molecule has 0 spiro atoms. The van der Waals surface area contributed by atoms with Crippen LogP contribution in [0.15, 0.2) is 77.0 Å². The zero-order valence-corrected chi connectivity index (χ0v) is 15.0. The van der Waals surface area contributed by atoms with Gasteiger partial charge in [-0.3, -0.25) is 10.1 Å². The monoisotopic (exact) mass is 445 g/mol. The van der Waals surface area contributed by atoms with Crippen LogP contribution in [-0.4, -0.2) is 10.0 Å². The Labute approximate surface area is 157 Å². The number of nitro benzene ring substituents is 1. The number of benzene rings is 3. The van der Waals surface area contributed by atoms with E-state index in [0.717, 1.165) is 14.7 Å². The largest absolute Gasteiger partial charge is 0.502 e. The lowest BCUT2D eigenvalue weighted by molar-refractivity contribution is -0.385. The first-order valence-electron chi connectivity index (χ1n) is 7.29. The summed E-state index contributed by atoms with van der Waals surface area (Å²) in [4.78, 5) is 10.2. The highest BCUT2D eigenvalue weighted by molar-refractivity contribution is 14.1. The Morgan fingerprint density at radius 2 is 1.76 bits per heavy atom. The molecule has 0 aliphatic carbocycles. The lowest BCUT2D eigenvalue weighted by Gasteiger charge is -2.05. The van der Waals surface area contributed by atoms with Crippen molar-refractivity contribution in [3.8, 4) is 16.9 Å². The molecule has 0 aliphatic rings. The molecular formula is C18H12IN3O3. The van der Waals surface area contributed by atoms with Gasteiger partial charge in [0.25, 0.3) is 0 Å². The molecule has 3 aromatic carbocycles. The Hall–Kier alpha value is -2.81. The normalized spacial score (nSPS) is 10.9. The van der Waals surface area contributed by atoms with E-state index in [1.807, 2.05) is 48.5 Å². The molecule has 124 valence electrons. The molecule has 0 atom stereocenters. The quantitative estimate of drug-likeness (QED) is 0.232. The van der Waals surface area contributed by atoms with Gasteiger partial charge in [0.05, 0.1) is 16.3 Å². The van der Waals surface area contributed by atoms with Gasteiger partial charge in [-0.25, -0.2) is 0 Å². The summed E-state index contributed by atoms with van der Waals surface area (Å²) < 4.78 is 1.11. The minimum Gasteiger partial charge on any atom is -0.502 e. The Bertz CT molecular complexity index is 973. The van der Waals surface area contributed by atoms with Crippen LogP contribution in [0.4, 0.5) is 17.1 Å². The van der Waals surface area contributed by atoms with Crippen LogP contribution >= 0.6 is 22.6 Å². The van der Waals surface area contributed by atoms with E-state index in [9.17, 15) is 15.2 Å². The third-order valence-corrected chi connectivity index (χ3v) is 4.14. The van der Waals surface area contributed by atoms with E-state index >= 15 is 0 Å². The minimum atomic E-state index is -0.659. The second kappa shape index (κ2) is 7.39. The van der Waals surface area contributed by atoms with Crippen LogP contribution in [-0.2, 0) is 0 Å². The predicted molar refractivity (Wildman–Crippen MR) is 104 cm³/mol. The maximum absolute atomic E-state index is 10.9. The van der Waals surface area contributed by atoms with Crippen molar-refractivity contribution < 1.29 is 10.0 Å². The van der Waals surface area contributed by atoms with Gasteiger partial charge in [-0.2, -0.15) is 5.11 Å². The van der Waals surface area contributed by atoms with E-state index in [0.29, 0.717) is 11.4 Å². The molecule has 0 unspecified atom stereocenters. The second-order valence-corrected chi connectivity index (χ2v) is 6.40. The fourth-order valence-electron chi connectivity index (χ4n) is 2.29. The maximum Gasteiger partial charge on any atom is 0.312 e. The van der Waals surface area contributed by atoms with E-state index in [2.05, 4.69) is 32.8 Å². The highest BCUT2D eigenvalue weighted by Crippen LogP contribution is 2.34. The van der Waals surface area contributed by atoms with Gasteiger partial charge in [0.1, 0.15) is 0 Å². The van der Waals surface area contributed by atoms with Gasteiger partial charge >= 0.3 is 5.69 Å². The Morgan fingerprint density at radius 3 is 2.52 bits per heavy atom. The van der Waals surface area contributed by atoms with Crippen LogP contribution in [0.1, 0.15) is 0 Å². The molecule has 1 N–H and O–H groups in total. The summed E-state index contributed by atoms with van der Waals surface area (Å²) in [6.07, 6.45) is 0. The van der Waals surface area contributed by atoms with Crippen molar-refractivity contribution in [2.45, 2.75) is 0 Å². The van der Waals surface area contributed by atoms with Crippen LogP contribution in [0.25, 0.3) is 11.1 Å². The molecular weight excluding hydrogens is 433 g/mol. The molecule has 0 fully saturated rings. The van der Waals surface area contributed by atoms with Crippen molar-refractivity contribution in [3.05, 3.63) is 80.4 Å². The number of phenolic OH excluding ortho intramolecular Hbond substituents is 1. The molecule has 6 nitrogen and oxygen atoms in total. The molecule has 7 heteroatoms. The van der Waals surface area contributed by atoms with Gasteiger partial charge in [-0.15, -0.1) is 5.11 Å². The molecule has 0 saturated heterocycles. The van der Waals surface area contributed by atoms with E-state index in [4.69, 9.17) is 0 Å². The summed E-state index contributed by atoms with van der Waals surface area (Å²) in [5.74, 6) is -0.400. The Morgan fingerprint density at radius 1 is 0.960 bits per heavy atom. The number of halogens is 1. The molecule has 0 bridgehead atoms. The van der Waals surface area contributed by atoms with Crippen molar-refractivity contribution in [2.75, 3.05) is 0 Å². The van der Waals surface area contributed by atoms with E-state index in [1.54, 1.807) is 0 Å². The summed E-state index contributed by atoms with van der Waals surface area (Å²) in [5, 5.41) is 28.7. The van der Waals surface area contributed by atoms with Crippen LogP contribution in [0.5, 0.6) is 5.75 Å². The predicted octanol–water partition coefficient (Wildman–Crippen LogP) is 5.99. The van der Waals surface area contributed by atoms with Crippen LogP contribution in [0.3, 0.4) is 0 Å². The first kappa shape index (κ1) is 17.0. The van der Waals surface area contributed by atoms with Crippen molar-refractivity contribution >= 4 is 39.7 Å². The molecule has 3 aromatic rings. The molecule has 25 heavy (non-hydrogen) atoms. The topological polar surface area (TPSA) is 88.1 Å². The third-order valence-electron chi connectivity index (χ3n) is 3.47. The van der Waals surface area contributed by atoms with Crippen molar-refractivity contribution in [2.24, 2.45) is 10.2 Å². The number of nitrogens with zero attached hydrogens (tertiary/aromatic N) is 3. The highest BCUT2D eigenvalue weighted by Gasteiger charge is 2.13. The molecule has 0 radical (unpaired) electrons. The number of nitro groups is 1. The summed E-state index contributed by atoms with van der Waals surface area (Å²) in [6, 6.07) is 19.4. The van der Waals surface area contributed by atoms with Crippen molar-refractivity contribution in [3.63, 3.8) is 0 Å². The number of phenols is 1. The first-order chi connectivity index (χ1) is 12.0. The van der Waals surface area contributed by atoms with Gasteiger partial charge in [0.2, 0.25) is 0 Å². The highest BCUT2D eigenvalue weighted by atomic mass is 127. The van der Waals surface area contributed by atoms with Crippen LogP contribution in [0, 0.1) is 13.7 Å². The Kier molecular flexibility index (Phi) is 5.03. The number of hydrogen-bond acceptors (Lipinski definition) is 5. The zero-order valence-electron chi connectivity index (χ0n) is 12.8. The molecule has 0 aromatic heterocycles. The third kappa shape index (κ3) is 4.00. The molecule has 3 rings (SSSR count). The summed E-state index contributed by atoms with van der Waals surface area (Å²) in [5.41, 5.74) is 2.47. The van der Waals surface area contributed by atoms with Gasteiger partial charge in [-0.05, 0) is 58.5 Å². The zero-order chi connectivity index (χ0) is 17.8. The second-order valence-electron chi connectivity index (χ2n) is 5.16. The lowest BCUT2D eigenvalue weighted by Crippen LogP contribution is -1.87. The standard InChI is InChI=1S/C18H12IN3O3/c19-13-5-3-4-12(10-13)15-6-1-2-7-16(15)21-20-14-8-9-18(23)17(11-14)22(24)25/h1-11,23H. The average Bonchev–Trinajstić information content (AvgIpc) is 2.61. The molecule has 0 amide bonds. The fraction of sp³-hybridized carbons (Fsp3) is 0. The smallest absolute Gasteiger partial charge is 0.312 e. The summed E-state index contributed by atoms with van der Waals surface area (Å²) in [7, 11) is 0. The van der Waals surface area contributed by atoms with Crippen LogP contribution < -0.4 is 0 Å². The Balaban J connectivity index is 1.98. The number of hydrogen-bond donors (Lipinski definition) is 1. The van der Waals surface area contributed by atoms with Gasteiger partial charge < -0.3 is 5.11 Å². The minimum absolute atomic E-state index is 0.293. The van der Waals surface area contributed by atoms with Crippen molar-refractivity contribution in [1.82, 2.24) is 0 Å². The maximum atomic E-state index is 10.9.